The number of amides is 1. The van der Waals surface area contributed by atoms with Crippen LogP contribution in [0.15, 0.2) is 12.5 Å². The topological polar surface area (TPSA) is 67.0 Å². The van der Waals surface area contributed by atoms with Gasteiger partial charge in [-0.2, -0.15) is 0 Å². The van der Waals surface area contributed by atoms with E-state index in [4.69, 9.17) is 4.74 Å². The van der Waals surface area contributed by atoms with Gasteiger partial charge in [-0.05, 0) is 0 Å². The molecule has 1 amide bonds. The molecule has 0 aliphatic heterocycles. The van der Waals surface area contributed by atoms with Crippen LogP contribution in [0.3, 0.4) is 0 Å². The minimum absolute atomic E-state index is 0.0748. The third-order valence-corrected chi connectivity index (χ3v) is 4.09. The Balaban J connectivity index is 2.13. The maximum atomic E-state index is 12.1. The quantitative estimate of drug-likeness (QED) is 0.857. The van der Waals surface area contributed by atoms with Gasteiger partial charge in [0.15, 0.2) is 0 Å². The Labute approximate surface area is 107 Å². The molecule has 1 heterocycles. The van der Waals surface area contributed by atoms with E-state index < -0.39 is 0 Å². The van der Waals surface area contributed by atoms with Crippen molar-refractivity contribution >= 4 is 5.91 Å². The van der Waals surface area contributed by atoms with Crippen molar-refractivity contribution < 1.29 is 9.53 Å². The average molecular weight is 251 g/mol. The smallest absolute Gasteiger partial charge is 0.269 e. The zero-order chi connectivity index (χ0) is 13.6. The maximum absolute atomic E-state index is 12.1. The largest absolute Gasteiger partial charge is 0.380 e. The van der Waals surface area contributed by atoms with Gasteiger partial charge in [0.05, 0.1) is 18.6 Å². The number of imidazole rings is 1. The van der Waals surface area contributed by atoms with Crippen molar-refractivity contribution in [2.45, 2.75) is 39.8 Å². The van der Waals surface area contributed by atoms with Crippen molar-refractivity contribution in [3.05, 3.63) is 18.2 Å². The highest BCUT2D eigenvalue weighted by Crippen LogP contribution is 2.55. The molecule has 0 saturated heterocycles. The fraction of sp³-hybridized carbons (Fsp3) is 0.692. The van der Waals surface area contributed by atoms with Crippen LogP contribution in [0.2, 0.25) is 0 Å². The van der Waals surface area contributed by atoms with Gasteiger partial charge in [-0.15, -0.1) is 0 Å². The number of nitrogens with zero attached hydrogens (tertiary/aromatic N) is 1. The number of carbonyl (C=O) groups is 1. The van der Waals surface area contributed by atoms with Crippen LogP contribution in [0.1, 0.15) is 38.2 Å². The number of hydrogen-bond acceptors (Lipinski definition) is 3. The maximum Gasteiger partial charge on any atom is 0.269 e. The first-order valence-electron chi connectivity index (χ1n) is 6.14. The number of aromatic nitrogens is 2. The van der Waals surface area contributed by atoms with Gasteiger partial charge in [0.25, 0.3) is 5.91 Å². The number of rotatable bonds is 3. The van der Waals surface area contributed by atoms with Gasteiger partial charge < -0.3 is 15.0 Å². The van der Waals surface area contributed by atoms with E-state index in [1.165, 1.54) is 12.5 Å². The molecule has 1 aromatic rings. The van der Waals surface area contributed by atoms with Crippen LogP contribution in [0.4, 0.5) is 0 Å². The molecule has 1 aliphatic carbocycles. The molecule has 0 bridgehead atoms. The molecule has 0 radical (unpaired) electrons. The van der Waals surface area contributed by atoms with Gasteiger partial charge in [-0.25, -0.2) is 4.98 Å². The van der Waals surface area contributed by atoms with Crippen LogP contribution >= 0.6 is 0 Å². The monoisotopic (exact) mass is 251 g/mol. The lowest BCUT2D eigenvalue weighted by Gasteiger charge is -2.63. The van der Waals surface area contributed by atoms with Crippen LogP contribution in [-0.4, -0.2) is 35.1 Å². The van der Waals surface area contributed by atoms with E-state index in [-0.39, 0.29) is 28.9 Å². The molecular formula is C13H21N3O2. The zero-order valence-electron chi connectivity index (χ0n) is 11.6. The zero-order valence-corrected chi connectivity index (χ0v) is 11.6. The van der Waals surface area contributed by atoms with E-state index in [1.807, 2.05) is 0 Å². The number of ether oxygens (including phenoxy) is 1. The Morgan fingerprint density at radius 3 is 2.44 bits per heavy atom. The lowest BCUT2D eigenvalue weighted by atomic mass is 9.49. The molecule has 1 saturated carbocycles. The second-order valence-corrected chi connectivity index (χ2v) is 6.13. The number of nitrogens with one attached hydrogen (secondary N) is 2. The third-order valence-electron chi connectivity index (χ3n) is 4.09. The van der Waals surface area contributed by atoms with E-state index in [0.29, 0.717) is 5.69 Å². The highest BCUT2D eigenvalue weighted by Gasteiger charge is 2.62. The second-order valence-electron chi connectivity index (χ2n) is 6.13. The van der Waals surface area contributed by atoms with Gasteiger partial charge in [0, 0.05) is 24.0 Å². The lowest BCUT2D eigenvalue weighted by molar-refractivity contribution is -0.195. The van der Waals surface area contributed by atoms with Crippen LogP contribution in [0.25, 0.3) is 0 Å². The molecule has 0 spiro atoms. The average Bonchev–Trinajstić information content (AvgIpc) is 2.78. The highest BCUT2D eigenvalue weighted by molar-refractivity contribution is 5.92. The molecule has 1 aliphatic rings. The van der Waals surface area contributed by atoms with Crippen LogP contribution in [0.5, 0.6) is 0 Å². The molecule has 1 fully saturated rings. The van der Waals surface area contributed by atoms with E-state index in [9.17, 15) is 4.79 Å². The van der Waals surface area contributed by atoms with E-state index >= 15 is 0 Å². The fourth-order valence-electron chi connectivity index (χ4n) is 3.69. The molecule has 2 N–H and O–H groups in total. The van der Waals surface area contributed by atoms with E-state index in [0.717, 1.165) is 0 Å². The first kappa shape index (κ1) is 13.1. The van der Waals surface area contributed by atoms with Gasteiger partial charge in [0.1, 0.15) is 5.69 Å². The molecule has 2 rings (SSSR count). The van der Waals surface area contributed by atoms with Gasteiger partial charge in [0.2, 0.25) is 0 Å². The molecule has 1 aromatic heterocycles. The highest BCUT2D eigenvalue weighted by atomic mass is 16.5. The molecule has 0 atom stereocenters. The number of carbonyl (C=O) groups excluding carboxylic acids is 1. The lowest BCUT2D eigenvalue weighted by Crippen LogP contribution is -2.73. The summed E-state index contributed by atoms with van der Waals surface area (Å²) in [5, 5.41) is 3.07. The van der Waals surface area contributed by atoms with Crippen LogP contribution < -0.4 is 5.32 Å². The standard InChI is InChI=1S/C13H21N3O2/c1-12(2)10(13(3,4)11(12)18-5)16-9(17)8-6-14-7-15-8/h6-7,10-11H,1-5H3,(H,14,15)(H,16,17). The Kier molecular flexibility index (Phi) is 2.97. The van der Waals surface area contributed by atoms with E-state index in [1.54, 1.807) is 7.11 Å². The minimum Gasteiger partial charge on any atom is -0.380 e. The first-order chi connectivity index (χ1) is 8.31. The summed E-state index contributed by atoms with van der Waals surface area (Å²) in [4.78, 5) is 18.7. The summed E-state index contributed by atoms with van der Waals surface area (Å²) in [5.74, 6) is -0.117. The fourth-order valence-corrected chi connectivity index (χ4v) is 3.69. The van der Waals surface area contributed by atoms with Crippen LogP contribution in [-0.2, 0) is 4.74 Å². The number of H-pyrrole nitrogens is 1. The number of methoxy groups -OCH3 is 1. The first-order valence-corrected chi connectivity index (χ1v) is 6.14. The normalized spacial score (nSPS) is 28.5. The summed E-state index contributed by atoms with van der Waals surface area (Å²) in [5.41, 5.74) is 0.337. The molecule has 5 heteroatoms. The predicted molar refractivity (Wildman–Crippen MR) is 68.2 cm³/mol. The summed E-state index contributed by atoms with van der Waals surface area (Å²) in [7, 11) is 1.72. The second kappa shape index (κ2) is 4.09. The van der Waals surface area contributed by atoms with Gasteiger partial charge in [-0.3, -0.25) is 4.79 Å². The van der Waals surface area contributed by atoms with Crippen molar-refractivity contribution in [2.75, 3.05) is 7.11 Å². The number of hydrogen-bond donors (Lipinski definition) is 2. The Morgan fingerprint density at radius 2 is 2.00 bits per heavy atom. The van der Waals surface area contributed by atoms with Crippen molar-refractivity contribution in [3.8, 4) is 0 Å². The Morgan fingerprint density at radius 1 is 1.39 bits per heavy atom. The van der Waals surface area contributed by atoms with Crippen molar-refractivity contribution in [3.63, 3.8) is 0 Å². The summed E-state index contributed by atoms with van der Waals surface area (Å²) in [6, 6.07) is 0.0748. The Bertz CT molecular complexity index is 421. The molecule has 5 nitrogen and oxygen atoms in total. The molecular weight excluding hydrogens is 230 g/mol. The van der Waals surface area contributed by atoms with Crippen LogP contribution in [0, 0.1) is 10.8 Å². The molecule has 0 aromatic carbocycles. The third kappa shape index (κ3) is 1.73. The summed E-state index contributed by atoms with van der Waals surface area (Å²) >= 11 is 0. The predicted octanol–water partition coefficient (Wildman–Crippen LogP) is 1.59. The molecule has 0 unspecified atom stereocenters. The number of aromatic amines is 1. The van der Waals surface area contributed by atoms with Gasteiger partial charge in [-0.1, -0.05) is 27.7 Å². The van der Waals surface area contributed by atoms with E-state index in [2.05, 4.69) is 43.0 Å². The minimum atomic E-state index is -0.117. The summed E-state index contributed by atoms with van der Waals surface area (Å²) < 4.78 is 5.55. The molecule has 100 valence electrons. The van der Waals surface area contributed by atoms with Gasteiger partial charge >= 0.3 is 0 Å². The summed E-state index contributed by atoms with van der Waals surface area (Å²) in [6.45, 7) is 8.46. The Hall–Kier alpha value is -1.36. The SMILES string of the molecule is COC1C(C)(C)C(NC(=O)c2cnc[nH]2)C1(C)C. The van der Waals surface area contributed by atoms with Crippen molar-refractivity contribution in [1.29, 1.82) is 0 Å². The van der Waals surface area contributed by atoms with Crippen molar-refractivity contribution in [2.24, 2.45) is 10.8 Å². The van der Waals surface area contributed by atoms with Crippen molar-refractivity contribution in [1.82, 2.24) is 15.3 Å². The summed E-state index contributed by atoms with van der Waals surface area (Å²) in [6.07, 6.45) is 3.17. The molecule has 18 heavy (non-hydrogen) atoms.